The minimum atomic E-state index is 0.0101. The van der Waals surface area contributed by atoms with E-state index in [1.807, 2.05) is 17.9 Å². The van der Waals surface area contributed by atoms with Crippen LogP contribution in [0.25, 0.3) is 0 Å². The summed E-state index contributed by atoms with van der Waals surface area (Å²) in [7, 11) is 0. The molecule has 2 heterocycles. The SMILES string of the molecule is CCC(=O)N1CCC(C(=O)NCc2ccco2)CC1. The molecule has 0 atom stereocenters. The van der Waals surface area contributed by atoms with Gasteiger partial charge in [-0.05, 0) is 25.0 Å². The topological polar surface area (TPSA) is 62.6 Å². The summed E-state index contributed by atoms with van der Waals surface area (Å²) in [5, 5.41) is 2.88. The van der Waals surface area contributed by atoms with Crippen molar-refractivity contribution in [2.24, 2.45) is 5.92 Å². The lowest BCUT2D eigenvalue weighted by atomic mass is 9.95. The first kappa shape index (κ1) is 13.6. The van der Waals surface area contributed by atoms with Crippen LogP contribution < -0.4 is 5.32 Å². The summed E-state index contributed by atoms with van der Waals surface area (Å²) in [5.41, 5.74) is 0. The Balaban J connectivity index is 1.74. The van der Waals surface area contributed by atoms with Gasteiger partial charge in [-0.15, -0.1) is 0 Å². The van der Waals surface area contributed by atoms with Gasteiger partial charge in [0.05, 0.1) is 12.8 Å². The highest BCUT2D eigenvalue weighted by atomic mass is 16.3. The van der Waals surface area contributed by atoms with Crippen LogP contribution in [-0.4, -0.2) is 29.8 Å². The van der Waals surface area contributed by atoms with E-state index < -0.39 is 0 Å². The van der Waals surface area contributed by atoms with Gasteiger partial charge in [0.2, 0.25) is 11.8 Å². The maximum Gasteiger partial charge on any atom is 0.223 e. The maximum atomic E-state index is 12.0. The van der Waals surface area contributed by atoms with Crippen LogP contribution >= 0.6 is 0 Å². The van der Waals surface area contributed by atoms with E-state index in [-0.39, 0.29) is 17.7 Å². The minimum Gasteiger partial charge on any atom is -0.467 e. The average Bonchev–Trinajstić information content (AvgIpc) is 2.97. The molecule has 5 heteroatoms. The molecule has 0 bridgehead atoms. The molecule has 0 unspecified atom stereocenters. The number of hydrogen-bond donors (Lipinski definition) is 1. The van der Waals surface area contributed by atoms with E-state index in [1.165, 1.54) is 0 Å². The van der Waals surface area contributed by atoms with Crippen LogP contribution in [0.1, 0.15) is 31.9 Å². The van der Waals surface area contributed by atoms with E-state index >= 15 is 0 Å². The van der Waals surface area contributed by atoms with Crippen molar-refractivity contribution in [1.29, 1.82) is 0 Å². The summed E-state index contributed by atoms with van der Waals surface area (Å²) in [6, 6.07) is 3.64. The van der Waals surface area contributed by atoms with Gasteiger partial charge >= 0.3 is 0 Å². The Labute approximate surface area is 113 Å². The number of nitrogens with one attached hydrogen (secondary N) is 1. The lowest BCUT2D eigenvalue weighted by Gasteiger charge is -2.31. The van der Waals surface area contributed by atoms with E-state index in [2.05, 4.69) is 5.32 Å². The number of likely N-dealkylation sites (tertiary alicyclic amines) is 1. The van der Waals surface area contributed by atoms with Gasteiger partial charge in [-0.2, -0.15) is 0 Å². The molecule has 19 heavy (non-hydrogen) atoms. The van der Waals surface area contributed by atoms with E-state index in [4.69, 9.17) is 4.42 Å². The number of piperidine rings is 1. The third-order valence-electron chi connectivity index (χ3n) is 3.54. The number of furan rings is 1. The molecular formula is C14H20N2O3. The van der Waals surface area contributed by atoms with Gasteiger partial charge in [-0.25, -0.2) is 0 Å². The van der Waals surface area contributed by atoms with E-state index in [9.17, 15) is 9.59 Å². The molecule has 0 spiro atoms. The molecule has 0 aliphatic carbocycles. The van der Waals surface area contributed by atoms with Crippen molar-refractivity contribution in [2.45, 2.75) is 32.7 Å². The van der Waals surface area contributed by atoms with Crippen LogP contribution in [0.15, 0.2) is 22.8 Å². The third-order valence-corrected chi connectivity index (χ3v) is 3.54. The Morgan fingerprint density at radius 3 is 2.74 bits per heavy atom. The first-order valence-electron chi connectivity index (χ1n) is 6.78. The van der Waals surface area contributed by atoms with Gasteiger partial charge in [-0.1, -0.05) is 6.92 Å². The number of rotatable bonds is 4. The Morgan fingerprint density at radius 2 is 2.16 bits per heavy atom. The van der Waals surface area contributed by atoms with Gasteiger partial charge in [0, 0.05) is 25.4 Å². The molecule has 1 aromatic rings. The quantitative estimate of drug-likeness (QED) is 0.897. The lowest BCUT2D eigenvalue weighted by molar-refractivity contribution is -0.135. The van der Waals surface area contributed by atoms with Crippen LogP contribution in [0.4, 0.5) is 0 Å². The molecule has 1 aromatic heterocycles. The fourth-order valence-corrected chi connectivity index (χ4v) is 2.35. The van der Waals surface area contributed by atoms with Crippen molar-refractivity contribution in [3.8, 4) is 0 Å². The van der Waals surface area contributed by atoms with Gasteiger partial charge in [0.25, 0.3) is 0 Å². The highest BCUT2D eigenvalue weighted by Gasteiger charge is 2.26. The summed E-state index contributed by atoms with van der Waals surface area (Å²) in [6.07, 6.45) is 3.62. The van der Waals surface area contributed by atoms with Crippen molar-refractivity contribution in [1.82, 2.24) is 10.2 Å². The van der Waals surface area contributed by atoms with Gasteiger partial charge < -0.3 is 14.6 Å². The van der Waals surface area contributed by atoms with Gasteiger partial charge in [-0.3, -0.25) is 9.59 Å². The zero-order chi connectivity index (χ0) is 13.7. The summed E-state index contributed by atoms with van der Waals surface area (Å²) in [4.78, 5) is 25.4. The van der Waals surface area contributed by atoms with E-state index in [1.54, 1.807) is 12.3 Å². The first-order chi connectivity index (χ1) is 9.20. The van der Waals surface area contributed by atoms with Crippen molar-refractivity contribution in [2.75, 3.05) is 13.1 Å². The van der Waals surface area contributed by atoms with E-state index in [0.717, 1.165) is 18.6 Å². The first-order valence-corrected chi connectivity index (χ1v) is 6.78. The second-order valence-electron chi connectivity index (χ2n) is 4.81. The molecule has 2 amide bonds. The smallest absolute Gasteiger partial charge is 0.223 e. The number of hydrogen-bond acceptors (Lipinski definition) is 3. The molecule has 0 radical (unpaired) electrons. The highest BCUT2D eigenvalue weighted by Crippen LogP contribution is 2.18. The minimum absolute atomic E-state index is 0.0101. The van der Waals surface area contributed by atoms with Crippen LogP contribution in [0.5, 0.6) is 0 Å². The van der Waals surface area contributed by atoms with Crippen LogP contribution in [-0.2, 0) is 16.1 Å². The van der Waals surface area contributed by atoms with Crippen molar-refractivity contribution < 1.29 is 14.0 Å². The Bertz CT molecular complexity index is 420. The van der Waals surface area contributed by atoms with E-state index in [0.29, 0.717) is 26.1 Å². The summed E-state index contributed by atoms with van der Waals surface area (Å²) >= 11 is 0. The lowest BCUT2D eigenvalue weighted by Crippen LogP contribution is -2.42. The molecule has 5 nitrogen and oxygen atoms in total. The molecule has 0 aromatic carbocycles. The highest BCUT2D eigenvalue weighted by molar-refractivity contribution is 5.80. The van der Waals surface area contributed by atoms with Crippen LogP contribution in [0, 0.1) is 5.92 Å². The fourth-order valence-electron chi connectivity index (χ4n) is 2.35. The Morgan fingerprint density at radius 1 is 1.42 bits per heavy atom. The normalized spacial score (nSPS) is 16.4. The van der Waals surface area contributed by atoms with Gasteiger partial charge in [0.1, 0.15) is 5.76 Å². The van der Waals surface area contributed by atoms with Crippen molar-refractivity contribution in [3.63, 3.8) is 0 Å². The Kier molecular flexibility index (Phi) is 4.60. The molecule has 104 valence electrons. The number of carbonyl (C=O) groups is 2. The molecular weight excluding hydrogens is 244 g/mol. The average molecular weight is 264 g/mol. The molecule has 0 saturated carbocycles. The third kappa shape index (κ3) is 3.59. The predicted molar refractivity (Wildman–Crippen MR) is 70.1 cm³/mol. The number of nitrogens with zero attached hydrogens (tertiary/aromatic N) is 1. The zero-order valence-corrected chi connectivity index (χ0v) is 11.2. The Hall–Kier alpha value is -1.78. The van der Waals surface area contributed by atoms with Crippen LogP contribution in [0.2, 0.25) is 0 Å². The maximum absolute atomic E-state index is 12.0. The number of amides is 2. The summed E-state index contributed by atoms with van der Waals surface area (Å²) in [5.74, 6) is 0.997. The summed E-state index contributed by atoms with van der Waals surface area (Å²) < 4.78 is 5.17. The fraction of sp³-hybridized carbons (Fsp3) is 0.571. The van der Waals surface area contributed by atoms with Crippen molar-refractivity contribution >= 4 is 11.8 Å². The summed E-state index contributed by atoms with van der Waals surface area (Å²) in [6.45, 7) is 3.67. The van der Waals surface area contributed by atoms with Crippen LogP contribution in [0.3, 0.4) is 0 Å². The van der Waals surface area contributed by atoms with Crippen molar-refractivity contribution in [3.05, 3.63) is 24.2 Å². The largest absolute Gasteiger partial charge is 0.467 e. The second-order valence-corrected chi connectivity index (χ2v) is 4.81. The standard InChI is InChI=1S/C14H20N2O3/c1-2-13(17)16-7-5-11(6-8-16)14(18)15-10-12-4-3-9-19-12/h3-4,9,11H,2,5-8,10H2,1H3,(H,15,18). The number of carbonyl (C=O) groups excluding carboxylic acids is 2. The molecule has 1 aliphatic heterocycles. The zero-order valence-electron chi connectivity index (χ0n) is 11.2. The molecule has 1 aliphatic rings. The predicted octanol–water partition coefficient (Wildman–Crippen LogP) is 1.54. The molecule has 1 N–H and O–H groups in total. The monoisotopic (exact) mass is 264 g/mol. The molecule has 1 saturated heterocycles. The second kappa shape index (κ2) is 6.41. The molecule has 1 fully saturated rings. The molecule has 2 rings (SSSR count). The van der Waals surface area contributed by atoms with Gasteiger partial charge in [0.15, 0.2) is 0 Å².